The van der Waals surface area contributed by atoms with Crippen LogP contribution in [-0.2, 0) is 17.6 Å². The Hall–Kier alpha value is -3.90. The fourth-order valence-electron chi connectivity index (χ4n) is 4.26. The summed E-state index contributed by atoms with van der Waals surface area (Å²) in [5, 5.41) is 21.0. The third-order valence-corrected chi connectivity index (χ3v) is 6.34. The van der Waals surface area contributed by atoms with Gasteiger partial charge in [-0.2, -0.15) is 0 Å². The number of allylic oxidation sites excluding steroid dienone is 1. The number of aliphatic carboxylic acids is 1. The first-order chi connectivity index (χ1) is 18.5. The molecule has 6 heteroatoms. The molecule has 3 aromatic rings. The lowest BCUT2D eigenvalue weighted by Crippen LogP contribution is -2.25. The maximum absolute atomic E-state index is 11.2. The molecule has 0 radical (unpaired) electrons. The number of aromatic carboxylic acids is 1. The summed E-state index contributed by atoms with van der Waals surface area (Å²) in [6.07, 6.45) is 9.99. The SMILES string of the molecule is O=C(O)CNCCC(C=Cc1ccccc1OCCCCCc1ccccc1)Cc1ccc(C(=O)O)cc1. The zero-order valence-corrected chi connectivity index (χ0v) is 21.7. The van der Waals surface area contributed by atoms with Crippen molar-refractivity contribution in [1.29, 1.82) is 0 Å². The monoisotopic (exact) mass is 515 g/mol. The number of benzene rings is 3. The number of ether oxygens (including phenoxy) is 1. The Morgan fingerprint density at radius 2 is 1.58 bits per heavy atom. The van der Waals surface area contributed by atoms with E-state index in [-0.39, 0.29) is 18.0 Å². The number of carboxylic acid groups (broad SMARTS) is 2. The van der Waals surface area contributed by atoms with Crippen LogP contribution in [0.4, 0.5) is 0 Å². The molecule has 1 atom stereocenters. The molecule has 0 aromatic heterocycles. The van der Waals surface area contributed by atoms with E-state index in [0.717, 1.165) is 55.4 Å². The van der Waals surface area contributed by atoms with Gasteiger partial charge in [-0.25, -0.2) is 4.79 Å². The lowest BCUT2D eigenvalue weighted by molar-refractivity contribution is -0.135. The molecule has 3 N–H and O–H groups in total. The van der Waals surface area contributed by atoms with E-state index in [1.54, 1.807) is 12.1 Å². The van der Waals surface area contributed by atoms with Crippen molar-refractivity contribution in [3.8, 4) is 5.75 Å². The van der Waals surface area contributed by atoms with Gasteiger partial charge >= 0.3 is 11.9 Å². The molecule has 0 saturated heterocycles. The van der Waals surface area contributed by atoms with Crippen LogP contribution in [-0.4, -0.2) is 41.8 Å². The molecule has 0 aliphatic rings. The van der Waals surface area contributed by atoms with E-state index in [9.17, 15) is 9.59 Å². The van der Waals surface area contributed by atoms with Gasteiger partial charge in [-0.1, -0.05) is 72.8 Å². The Balaban J connectivity index is 1.56. The fraction of sp³-hybridized carbons (Fsp3) is 0.312. The van der Waals surface area contributed by atoms with E-state index in [0.29, 0.717) is 13.2 Å². The normalized spacial score (nSPS) is 11.9. The van der Waals surface area contributed by atoms with Gasteiger partial charge in [0.25, 0.3) is 0 Å². The van der Waals surface area contributed by atoms with Crippen LogP contribution in [0.1, 0.15) is 52.7 Å². The van der Waals surface area contributed by atoms with Crippen molar-refractivity contribution in [2.45, 2.75) is 38.5 Å². The van der Waals surface area contributed by atoms with Gasteiger partial charge in [0.1, 0.15) is 5.75 Å². The molecule has 0 saturated carbocycles. The van der Waals surface area contributed by atoms with Crippen LogP contribution in [0.15, 0.2) is 84.9 Å². The highest BCUT2D eigenvalue weighted by Crippen LogP contribution is 2.23. The Morgan fingerprint density at radius 3 is 2.32 bits per heavy atom. The van der Waals surface area contributed by atoms with Gasteiger partial charge in [0.2, 0.25) is 0 Å². The van der Waals surface area contributed by atoms with E-state index in [2.05, 4.69) is 41.7 Å². The summed E-state index contributed by atoms with van der Waals surface area (Å²) < 4.78 is 6.12. The van der Waals surface area contributed by atoms with Crippen molar-refractivity contribution in [2.75, 3.05) is 19.7 Å². The van der Waals surface area contributed by atoms with Gasteiger partial charge in [0, 0.05) is 5.56 Å². The lowest BCUT2D eigenvalue weighted by Gasteiger charge is -2.14. The van der Waals surface area contributed by atoms with E-state index >= 15 is 0 Å². The summed E-state index contributed by atoms with van der Waals surface area (Å²) in [6, 6.07) is 25.4. The molecule has 6 nitrogen and oxygen atoms in total. The Kier molecular flexibility index (Phi) is 12.1. The van der Waals surface area contributed by atoms with Crippen LogP contribution in [0.3, 0.4) is 0 Å². The highest BCUT2D eigenvalue weighted by molar-refractivity contribution is 5.87. The quantitative estimate of drug-likeness (QED) is 0.188. The average Bonchev–Trinajstić information content (AvgIpc) is 2.92. The minimum absolute atomic E-state index is 0.0776. The van der Waals surface area contributed by atoms with Crippen molar-refractivity contribution >= 4 is 18.0 Å². The fourth-order valence-corrected chi connectivity index (χ4v) is 4.26. The molecule has 3 aromatic carbocycles. The van der Waals surface area contributed by atoms with E-state index in [4.69, 9.17) is 14.9 Å². The number of hydrogen-bond donors (Lipinski definition) is 3. The molecule has 0 fully saturated rings. The van der Waals surface area contributed by atoms with Crippen molar-refractivity contribution in [2.24, 2.45) is 5.92 Å². The zero-order valence-electron chi connectivity index (χ0n) is 21.7. The second-order valence-electron chi connectivity index (χ2n) is 9.37. The molecule has 3 rings (SSSR count). The third kappa shape index (κ3) is 10.6. The summed E-state index contributed by atoms with van der Waals surface area (Å²) in [7, 11) is 0. The molecule has 38 heavy (non-hydrogen) atoms. The Morgan fingerprint density at radius 1 is 0.842 bits per heavy atom. The first-order valence-corrected chi connectivity index (χ1v) is 13.2. The van der Waals surface area contributed by atoms with Gasteiger partial charge in [0.15, 0.2) is 0 Å². The minimum atomic E-state index is -0.946. The van der Waals surface area contributed by atoms with Gasteiger partial charge in [-0.15, -0.1) is 0 Å². The van der Waals surface area contributed by atoms with E-state index in [1.165, 1.54) is 5.56 Å². The highest BCUT2D eigenvalue weighted by atomic mass is 16.5. The molecular formula is C32H37NO5. The smallest absolute Gasteiger partial charge is 0.335 e. The van der Waals surface area contributed by atoms with Gasteiger partial charge in [-0.3, -0.25) is 4.79 Å². The Bertz CT molecular complexity index is 1160. The number of nitrogens with one attached hydrogen (secondary N) is 1. The van der Waals surface area contributed by atoms with Crippen molar-refractivity contribution < 1.29 is 24.5 Å². The zero-order chi connectivity index (χ0) is 27.0. The maximum Gasteiger partial charge on any atom is 0.335 e. The van der Waals surface area contributed by atoms with E-state index < -0.39 is 11.9 Å². The first kappa shape index (κ1) is 28.7. The predicted octanol–water partition coefficient (Wildman–Crippen LogP) is 6.11. The standard InChI is InChI=1S/C32H37NO5/c34-31(35)24-33-21-20-27(23-26-15-18-29(19-16-26)32(36)37)14-17-28-12-6-7-13-30(28)38-22-8-2-5-11-25-9-3-1-4-10-25/h1,3-4,6-7,9-10,12-19,27,33H,2,5,8,11,20-24H2,(H,34,35)(H,36,37). The largest absolute Gasteiger partial charge is 0.493 e. The van der Waals surface area contributed by atoms with Crippen LogP contribution >= 0.6 is 0 Å². The topological polar surface area (TPSA) is 95.9 Å². The number of unbranched alkanes of at least 4 members (excludes halogenated alkanes) is 2. The first-order valence-electron chi connectivity index (χ1n) is 13.2. The molecule has 0 bridgehead atoms. The highest BCUT2D eigenvalue weighted by Gasteiger charge is 2.10. The number of carbonyl (C=O) groups is 2. The third-order valence-electron chi connectivity index (χ3n) is 6.34. The van der Waals surface area contributed by atoms with Crippen LogP contribution in [0, 0.1) is 5.92 Å². The van der Waals surface area contributed by atoms with Gasteiger partial charge < -0.3 is 20.3 Å². The van der Waals surface area contributed by atoms with E-state index in [1.807, 2.05) is 42.5 Å². The molecule has 200 valence electrons. The number of para-hydroxylation sites is 1. The molecule has 0 spiro atoms. The summed E-state index contributed by atoms with van der Waals surface area (Å²) in [4.78, 5) is 22.0. The molecular weight excluding hydrogens is 478 g/mol. The maximum atomic E-state index is 11.2. The van der Waals surface area contributed by atoms with Crippen molar-refractivity contribution in [3.05, 3.63) is 107 Å². The number of rotatable bonds is 17. The van der Waals surface area contributed by atoms with Crippen LogP contribution in [0.25, 0.3) is 6.08 Å². The van der Waals surface area contributed by atoms with Crippen LogP contribution in [0.2, 0.25) is 0 Å². The molecule has 0 amide bonds. The summed E-state index contributed by atoms with van der Waals surface area (Å²) in [5.41, 5.74) is 3.66. The minimum Gasteiger partial charge on any atom is -0.493 e. The lowest BCUT2D eigenvalue weighted by atomic mass is 9.94. The van der Waals surface area contributed by atoms with Gasteiger partial charge in [-0.05, 0) is 80.3 Å². The van der Waals surface area contributed by atoms with Crippen LogP contribution in [0.5, 0.6) is 5.75 Å². The van der Waals surface area contributed by atoms with Crippen molar-refractivity contribution in [3.63, 3.8) is 0 Å². The molecule has 0 aliphatic heterocycles. The summed E-state index contributed by atoms with van der Waals surface area (Å²) in [6.45, 7) is 1.15. The molecule has 0 aliphatic carbocycles. The molecule has 1 unspecified atom stereocenters. The second-order valence-corrected chi connectivity index (χ2v) is 9.37. The average molecular weight is 516 g/mol. The predicted molar refractivity (Wildman–Crippen MR) is 151 cm³/mol. The summed E-state index contributed by atoms with van der Waals surface area (Å²) in [5.74, 6) is -0.843. The van der Waals surface area contributed by atoms with Crippen LogP contribution < -0.4 is 10.1 Å². The Labute approximate surface area is 225 Å². The summed E-state index contributed by atoms with van der Waals surface area (Å²) >= 11 is 0. The number of carboxylic acids is 2. The number of aryl methyl sites for hydroxylation is 1. The van der Waals surface area contributed by atoms with Crippen molar-refractivity contribution in [1.82, 2.24) is 5.32 Å². The number of hydrogen-bond acceptors (Lipinski definition) is 4. The second kappa shape index (κ2) is 16.0. The van der Waals surface area contributed by atoms with Gasteiger partial charge in [0.05, 0.1) is 18.7 Å². The molecule has 0 heterocycles.